The molecule has 1 aliphatic rings. The van der Waals surface area contributed by atoms with E-state index in [9.17, 15) is 9.90 Å². The van der Waals surface area contributed by atoms with E-state index >= 15 is 0 Å². The molecule has 0 saturated carbocycles. The van der Waals surface area contributed by atoms with Crippen LogP contribution in [0.3, 0.4) is 0 Å². The second-order valence-corrected chi connectivity index (χ2v) is 6.34. The summed E-state index contributed by atoms with van der Waals surface area (Å²) in [5.74, 6) is 0.917. The number of thioether (sulfide) groups is 1. The summed E-state index contributed by atoms with van der Waals surface area (Å²) in [6, 6.07) is 12.4. The Bertz CT molecular complexity index is 705. The van der Waals surface area contributed by atoms with Crippen molar-refractivity contribution in [3.8, 4) is 11.5 Å². The molecule has 1 heterocycles. The van der Waals surface area contributed by atoms with Crippen LogP contribution in [0.15, 0.2) is 42.5 Å². The second kappa shape index (κ2) is 6.10. The zero-order valence-corrected chi connectivity index (χ0v) is 13.4. The third-order valence-corrected chi connectivity index (χ3v) is 4.93. The van der Waals surface area contributed by atoms with Crippen LogP contribution in [0.2, 0.25) is 5.02 Å². The predicted molar refractivity (Wildman–Crippen MR) is 88.8 cm³/mol. The average Bonchev–Trinajstić information content (AvgIpc) is 2.90. The normalized spacial score (nSPS) is 17.8. The SMILES string of the molecule is COc1ccc([C@H]2SCC(=O)N2c2ccc(Cl)cc2)cc1O. The lowest BCUT2D eigenvalue weighted by Gasteiger charge is -2.24. The van der Waals surface area contributed by atoms with Crippen molar-refractivity contribution < 1.29 is 14.6 Å². The number of carbonyl (C=O) groups is 1. The molecule has 0 spiro atoms. The van der Waals surface area contributed by atoms with Crippen LogP contribution in [0, 0.1) is 0 Å². The molecule has 114 valence electrons. The molecule has 0 aromatic heterocycles. The van der Waals surface area contributed by atoms with Gasteiger partial charge in [0.25, 0.3) is 0 Å². The van der Waals surface area contributed by atoms with Crippen molar-refractivity contribution in [3.05, 3.63) is 53.1 Å². The lowest BCUT2D eigenvalue weighted by molar-refractivity contribution is -0.115. The Labute approximate surface area is 137 Å². The molecular formula is C16H14ClNO3S. The summed E-state index contributed by atoms with van der Waals surface area (Å²) in [5, 5.41) is 10.4. The molecule has 0 bridgehead atoms. The number of nitrogens with zero attached hydrogens (tertiary/aromatic N) is 1. The average molecular weight is 336 g/mol. The lowest BCUT2D eigenvalue weighted by atomic mass is 10.1. The fraction of sp³-hybridized carbons (Fsp3) is 0.188. The van der Waals surface area contributed by atoms with E-state index in [1.54, 1.807) is 29.2 Å². The molecule has 1 aliphatic heterocycles. The molecule has 3 rings (SSSR count). The quantitative estimate of drug-likeness (QED) is 0.926. The van der Waals surface area contributed by atoms with Crippen LogP contribution in [-0.4, -0.2) is 23.9 Å². The smallest absolute Gasteiger partial charge is 0.238 e. The molecule has 1 N–H and O–H groups in total. The topological polar surface area (TPSA) is 49.8 Å². The van der Waals surface area contributed by atoms with Gasteiger partial charge in [-0.15, -0.1) is 11.8 Å². The molecule has 22 heavy (non-hydrogen) atoms. The first-order chi connectivity index (χ1) is 10.6. The number of ether oxygens (including phenoxy) is 1. The van der Waals surface area contributed by atoms with E-state index in [2.05, 4.69) is 0 Å². The standard InChI is InChI=1S/C16H14ClNO3S/c1-21-14-7-2-10(8-13(14)19)16-18(15(20)9-22-16)12-5-3-11(17)4-6-12/h2-8,16,19H,9H2,1H3/t16-/m1/s1. The minimum atomic E-state index is -0.175. The molecule has 2 aromatic rings. The van der Waals surface area contributed by atoms with E-state index in [1.165, 1.54) is 18.9 Å². The lowest BCUT2D eigenvalue weighted by Crippen LogP contribution is -2.27. The fourth-order valence-corrected chi connectivity index (χ4v) is 3.71. The first-order valence-corrected chi connectivity index (χ1v) is 8.09. The third kappa shape index (κ3) is 2.74. The van der Waals surface area contributed by atoms with Gasteiger partial charge in [-0.2, -0.15) is 0 Å². The van der Waals surface area contributed by atoms with Crippen LogP contribution in [0.4, 0.5) is 5.69 Å². The summed E-state index contributed by atoms with van der Waals surface area (Å²) < 4.78 is 5.06. The Morgan fingerprint density at radius 1 is 1.27 bits per heavy atom. The fourth-order valence-electron chi connectivity index (χ4n) is 2.41. The monoisotopic (exact) mass is 335 g/mol. The van der Waals surface area contributed by atoms with Gasteiger partial charge >= 0.3 is 0 Å². The van der Waals surface area contributed by atoms with E-state index in [0.717, 1.165) is 11.3 Å². The number of methoxy groups -OCH3 is 1. The first kappa shape index (κ1) is 15.1. The highest BCUT2D eigenvalue weighted by Gasteiger charge is 2.34. The maximum atomic E-state index is 12.2. The third-order valence-electron chi connectivity index (χ3n) is 3.46. The van der Waals surface area contributed by atoms with Gasteiger partial charge in [0.05, 0.1) is 12.9 Å². The number of phenols is 1. The number of rotatable bonds is 3. The molecule has 1 fully saturated rings. The van der Waals surface area contributed by atoms with Crippen LogP contribution in [0.5, 0.6) is 11.5 Å². The van der Waals surface area contributed by atoms with Gasteiger partial charge in [-0.25, -0.2) is 0 Å². The zero-order chi connectivity index (χ0) is 15.7. The molecule has 1 atom stereocenters. The van der Waals surface area contributed by atoms with E-state index in [0.29, 0.717) is 16.5 Å². The Morgan fingerprint density at radius 2 is 2.00 bits per heavy atom. The number of hydrogen-bond acceptors (Lipinski definition) is 4. The first-order valence-electron chi connectivity index (χ1n) is 6.66. The van der Waals surface area contributed by atoms with Crippen LogP contribution in [-0.2, 0) is 4.79 Å². The highest BCUT2D eigenvalue weighted by atomic mass is 35.5. The summed E-state index contributed by atoms with van der Waals surface area (Å²) in [6.45, 7) is 0. The van der Waals surface area contributed by atoms with Crippen molar-refractivity contribution in [1.82, 2.24) is 0 Å². The molecule has 1 amide bonds. The number of benzene rings is 2. The summed E-state index contributed by atoms with van der Waals surface area (Å²) >= 11 is 7.43. The predicted octanol–water partition coefficient (Wildman–Crippen LogP) is 3.83. The number of hydrogen-bond donors (Lipinski definition) is 1. The Morgan fingerprint density at radius 3 is 2.64 bits per heavy atom. The summed E-state index contributed by atoms with van der Waals surface area (Å²) in [4.78, 5) is 14.0. The highest BCUT2D eigenvalue weighted by Crippen LogP contribution is 2.43. The number of amides is 1. The van der Waals surface area contributed by atoms with Crippen LogP contribution >= 0.6 is 23.4 Å². The summed E-state index contributed by atoms with van der Waals surface area (Å²) in [6.07, 6.45) is 0. The largest absolute Gasteiger partial charge is 0.504 e. The van der Waals surface area contributed by atoms with Gasteiger partial charge in [-0.1, -0.05) is 17.7 Å². The summed E-state index contributed by atoms with van der Waals surface area (Å²) in [7, 11) is 1.50. The molecular weight excluding hydrogens is 322 g/mol. The van der Waals surface area contributed by atoms with Gasteiger partial charge in [-0.05, 0) is 42.0 Å². The Hall–Kier alpha value is -1.85. The molecule has 6 heteroatoms. The van der Waals surface area contributed by atoms with E-state index in [-0.39, 0.29) is 17.0 Å². The van der Waals surface area contributed by atoms with Crippen molar-refractivity contribution >= 4 is 35.0 Å². The molecule has 4 nitrogen and oxygen atoms in total. The van der Waals surface area contributed by atoms with Crippen LogP contribution in [0.25, 0.3) is 0 Å². The minimum Gasteiger partial charge on any atom is -0.504 e. The highest BCUT2D eigenvalue weighted by molar-refractivity contribution is 8.00. The molecule has 2 aromatic carbocycles. The molecule has 1 saturated heterocycles. The summed E-state index contributed by atoms with van der Waals surface area (Å²) in [5.41, 5.74) is 1.64. The molecule has 0 unspecified atom stereocenters. The number of phenolic OH excluding ortho intramolecular Hbond substituents is 1. The van der Waals surface area contributed by atoms with Gasteiger partial charge < -0.3 is 9.84 Å². The van der Waals surface area contributed by atoms with E-state index in [4.69, 9.17) is 16.3 Å². The minimum absolute atomic E-state index is 0.0348. The van der Waals surface area contributed by atoms with Gasteiger partial charge in [0, 0.05) is 10.7 Å². The van der Waals surface area contributed by atoms with Crippen molar-refractivity contribution in [2.24, 2.45) is 0 Å². The number of carbonyl (C=O) groups excluding carboxylic acids is 1. The van der Waals surface area contributed by atoms with Gasteiger partial charge in [0.1, 0.15) is 5.37 Å². The second-order valence-electron chi connectivity index (χ2n) is 4.83. The van der Waals surface area contributed by atoms with Crippen molar-refractivity contribution in [2.45, 2.75) is 5.37 Å². The van der Waals surface area contributed by atoms with E-state index in [1.807, 2.05) is 18.2 Å². The zero-order valence-electron chi connectivity index (χ0n) is 11.8. The maximum absolute atomic E-state index is 12.2. The molecule has 0 radical (unpaired) electrons. The maximum Gasteiger partial charge on any atom is 0.238 e. The number of anilines is 1. The van der Waals surface area contributed by atoms with Crippen LogP contribution in [0.1, 0.15) is 10.9 Å². The van der Waals surface area contributed by atoms with Crippen LogP contribution < -0.4 is 9.64 Å². The van der Waals surface area contributed by atoms with Gasteiger partial charge in [-0.3, -0.25) is 9.69 Å². The van der Waals surface area contributed by atoms with Gasteiger partial charge in [0.2, 0.25) is 5.91 Å². The van der Waals surface area contributed by atoms with Gasteiger partial charge in [0.15, 0.2) is 11.5 Å². The van der Waals surface area contributed by atoms with Crippen molar-refractivity contribution in [2.75, 3.05) is 17.8 Å². The Balaban J connectivity index is 1.96. The Kier molecular flexibility index (Phi) is 4.18. The van der Waals surface area contributed by atoms with Crippen molar-refractivity contribution in [1.29, 1.82) is 0 Å². The molecule has 0 aliphatic carbocycles. The number of halogens is 1. The van der Waals surface area contributed by atoms with E-state index < -0.39 is 0 Å². The van der Waals surface area contributed by atoms with Crippen molar-refractivity contribution in [3.63, 3.8) is 0 Å². The number of aromatic hydroxyl groups is 1.